The van der Waals surface area contributed by atoms with E-state index >= 15 is 0 Å². The van der Waals surface area contributed by atoms with Gasteiger partial charge in [-0.25, -0.2) is 4.98 Å². The number of hydrogen-bond acceptors (Lipinski definition) is 4. The van der Waals surface area contributed by atoms with Gasteiger partial charge in [0.15, 0.2) is 0 Å². The molecular weight excluding hydrogens is 422 g/mol. The van der Waals surface area contributed by atoms with Gasteiger partial charge in [0, 0.05) is 19.8 Å². The number of carbonyl (C=O) groups excluding carboxylic acids is 1. The molecule has 180 valence electrons. The lowest BCUT2D eigenvalue weighted by Crippen LogP contribution is -2.38. The minimum Gasteiger partial charge on any atom is -0.493 e. The molecule has 3 aromatic rings. The number of nitrogens with zero attached hydrogens (tertiary/aromatic N) is 2. The van der Waals surface area contributed by atoms with Gasteiger partial charge in [0.25, 0.3) is 0 Å². The molecule has 0 aliphatic carbocycles. The predicted octanol–water partition coefficient (Wildman–Crippen LogP) is 5.99. The van der Waals surface area contributed by atoms with E-state index in [-0.39, 0.29) is 17.9 Å². The maximum absolute atomic E-state index is 13.2. The molecule has 3 atom stereocenters. The van der Waals surface area contributed by atoms with E-state index in [0.29, 0.717) is 19.1 Å². The molecule has 1 amide bonds. The highest BCUT2D eigenvalue weighted by atomic mass is 16.5. The largest absolute Gasteiger partial charge is 0.493 e. The summed E-state index contributed by atoms with van der Waals surface area (Å²) in [4.78, 5) is 19.7. The molecular formula is C29H37N3O2. The Hall–Kier alpha value is -3.34. The van der Waals surface area contributed by atoms with Crippen LogP contribution < -0.4 is 15.0 Å². The van der Waals surface area contributed by atoms with Crippen molar-refractivity contribution < 1.29 is 9.53 Å². The maximum Gasteiger partial charge on any atom is 0.227 e. The van der Waals surface area contributed by atoms with Crippen molar-refractivity contribution in [3.8, 4) is 5.75 Å². The number of aromatic nitrogens is 1. The Morgan fingerprint density at radius 3 is 2.32 bits per heavy atom. The van der Waals surface area contributed by atoms with Crippen molar-refractivity contribution in [3.63, 3.8) is 0 Å². The summed E-state index contributed by atoms with van der Waals surface area (Å²) >= 11 is 0. The van der Waals surface area contributed by atoms with E-state index in [1.54, 1.807) is 6.20 Å². The summed E-state index contributed by atoms with van der Waals surface area (Å²) in [7, 11) is 1.99. The van der Waals surface area contributed by atoms with Gasteiger partial charge in [-0.05, 0) is 54.7 Å². The molecule has 2 aromatic carbocycles. The number of hydrogen-bond donors (Lipinski definition) is 1. The highest BCUT2D eigenvalue weighted by Crippen LogP contribution is 2.23. The van der Waals surface area contributed by atoms with Crippen LogP contribution in [0.3, 0.4) is 0 Å². The number of benzene rings is 2. The Kier molecular flexibility index (Phi) is 9.51. The number of amides is 1. The van der Waals surface area contributed by atoms with E-state index < -0.39 is 0 Å². The monoisotopic (exact) mass is 459 g/mol. The van der Waals surface area contributed by atoms with E-state index in [1.165, 1.54) is 0 Å². The first-order valence-electron chi connectivity index (χ1n) is 12.2. The number of likely N-dealkylation sites (N-methyl/N-ethyl adjacent to an activating group) is 1. The maximum atomic E-state index is 13.2. The Morgan fingerprint density at radius 2 is 1.68 bits per heavy atom. The van der Waals surface area contributed by atoms with Crippen molar-refractivity contribution in [1.82, 2.24) is 10.3 Å². The fraction of sp³-hybridized carbons (Fsp3) is 0.379. The fourth-order valence-electron chi connectivity index (χ4n) is 3.98. The molecule has 1 aromatic heterocycles. The lowest BCUT2D eigenvalue weighted by molar-refractivity contribution is -0.122. The molecule has 1 unspecified atom stereocenters. The van der Waals surface area contributed by atoms with Crippen molar-refractivity contribution in [3.05, 3.63) is 90.1 Å². The van der Waals surface area contributed by atoms with Gasteiger partial charge in [0.1, 0.15) is 11.6 Å². The van der Waals surface area contributed by atoms with Crippen LogP contribution in [0.25, 0.3) is 0 Å². The minimum atomic E-state index is -0.244. The van der Waals surface area contributed by atoms with E-state index in [9.17, 15) is 4.79 Å². The molecule has 5 heteroatoms. The third-order valence-electron chi connectivity index (χ3n) is 6.10. The molecule has 0 radical (unpaired) electrons. The second-order valence-corrected chi connectivity index (χ2v) is 9.04. The molecule has 3 rings (SSSR count). The third kappa shape index (κ3) is 7.34. The number of rotatable bonds is 12. The third-order valence-corrected chi connectivity index (χ3v) is 6.10. The van der Waals surface area contributed by atoms with E-state index in [2.05, 4.69) is 29.0 Å². The average molecular weight is 460 g/mol. The molecule has 1 heterocycles. The summed E-state index contributed by atoms with van der Waals surface area (Å²) < 4.78 is 5.97. The van der Waals surface area contributed by atoms with Crippen LogP contribution in [0.5, 0.6) is 5.75 Å². The first kappa shape index (κ1) is 25.3. The molecule has 0 aliphatic rings. The zero-order valence-electron chi connectivity index (χ0n) is 20.8. The van der Waals surface area contributed by atoms with Gasteiger partial charge in [-0.15, -0.1) is 0 Å². The molecule has 0 fully saturated rings. The number of nitrogens with one attached hydrogen (secondary N) is 1. The number of pyridine rings is 1. The van der Waals surface area contributed by atoms with E-state index in [4.69, 9.17) is 4.74 Å². The van der Waals surface area contributed by atoms with E-state index in [0.717, 1.165) is 35.5 Å². The highest BCUT2D eigenvalue weighted by molar-refractivity contribution is 5.83. The molecule has 0 saturated carbocycles. The second kappa shape index (κ2) is 12.8. The number of carbonyl (C=O) groups is 1. The quantitative estimate of drug-likeness (QED) is 0.361. The number of anilines is 1. The molecule has 0 saturated heterocycles. The van der Waals surface area contributed by atoms with Crippen LogP contribution >= 0.6 is 0 Å². The van der Waals surface area contributed by atoms with Gasteiger partial charge < -0.3 is 15.0 Å². The van der Waals surface area contributed by atoms with Crippen LogP contribution in [0.4, 0.5) is 5.82 Å². The SMILES string of the molecule is CCCC(C)COc1ccc([C@H](CN(C)c2ccccn2)NC(=O)[C@@H](C)c2ccccc2)cc1. The average Bonchev–Trinajstić information content (AvgIpc) is 2.88. The van der Waals surface area contributed by atoms with Crippen LogP contribution in [0.2, 0.25) is 0 Å². The van der Waals surface area contributed by atoms with Crippen LogP contribution in [0, 0.1) is 5.92 Å². The summed E-state index contributed by atoms with van der Waals surface area (Å²) in [6.07, 6.45) is 4.10. The Morgan fingerprint density at radius 1 is 0.971 bits per heavy atom. The standard InChI is InChI=1S/C29H37N3O2/c1-5-11-22(2)21-34-26-17-15-25(16-18-26)27(20-32(4)28-14-9-10-19-30-28)31-29(33)23(3)24-12-7-6-8-13-24/h6-10,12-19,22-23,27H,5,11,20-21H2,1-4H3,(H,31,33)/t22?,23-,27-/m0/s1. The van der Waals surface area contributed by atoms with Crippen LogP contribution in [-0.4, -0.2) is 31.1 Å². The van der Waals surface area contributed by atoms with E-state index in [1.807, 2.05) is 86.8 Å². The van der Waals surface area contributed by atoms with Crippen LogP contribution in [0.1, 0.15) is 56.7 Å². The Bertz CT molecular complexity index is 993. The van der Waals surface area contributed by atoms with Gasteiger partial charge in [0.2, 0.25) is 5.91 Å². The summed E-state index contributed by atoms with van der Waals surface area (Å²) in [6.45, 7) is 7.66. The zero-order valence-corrected chi connectivity index (χ0v) is 20.8. The van der Waals surface area contributed by atoms with Gasteiger partial charge in [0.05, 0.1) is 18.6 Å². The minimum absolute atomic E-state index is 0.000613. The lowest BCUT2D eigenvalue weighted by Gasteiger charge is -2.27. The van der Waals surface area contributed by atoms with Crippen molar-refractivity contribution >= 4 is 11.7 Å². The first-order chi connectivity index (χ1) is 16.5. The van der Waals surface area contributed by atoms with Crippen molar-refractivity contribution in [2.24, 2.45) is 5.92 Å². The van der Waals surface area contributed by atoms with Gasteiger partial charge in [-0.2, -0.15) is 0 Å². The van der Waals surface area contributed by atoms with Crippen molar-refractivity contribution in [1.29, 1.82) is 0 Å². The van der Waals surface area contributed by atoms with Crippen LogP contribution in [-0.2, 0) is 4.79 Å². The predicted molar refractivity (Wildman–Crippen MR) is 139 cm³/mol. The topological polar surface area (TPSA) is 54.5 Å². The first-order valence-corrected chi connectivity index (χ1v) is 12.2. The molecule has 5 nitrogen and oxygen atoms in total. The smallest absolute Gasteiger partial charge is 0.227 e. The molecule has 0 bridgehead atoms. The molecule has 0 aliphatic heterocycles. The Balaban J connectivity index is 1.75. The Labute approximate surface area is 204 Å². The summed E-state index contributed by atoms with van der Waals surface area (Å²) in [6, 6.07) is 23.6. The van der Waals surface area contributed by atoms with Crippen molar-refractivity contribution in [2.75, 3.05) is 25.1 Å². The lowest BCUT2D eigenvalue weighted by atomic mass is 9.99. The summed E-state index contributed by atoms with van der Waals surface area (Å²) in [5, 5.41) is 3.27. The number of ether oxygens (including phenoxy) is 1. The van der Waals surface area contributed by atoms with Gasteiger partial charge >= 0.3 is 0 Å². The summed E-state index contributed by atoms with van der Waals surface area (Å²) in [5.74, 6) is 2.00. The highest BCUT2D eigenvalue weighted by Gasteiger charge is 2.22. The zero-order chi connectivity index (χ0) is 24.3. The van der Waals surface area contributed by atoms with Crippen molar-refractivity contribution in [2.45, 2.75) is 45.6 Å². The van der Waals surface area contributed by atoms with Gasteiger partial charge in [-0.1, -0.05) is 68.8 Å². The normalized spacial score (nSPS) is 13.5. The van der Waals surface area contributed by atoms with Gasteiger partial charge in [-0.3, -0.25) is 4.79 Å². The fourth-order valence-corrected chi connectivity index (χ4v) is 3.98. The second-order valence-electron chi connectivity index (χ2n) is 9.04. The molecule has 0 spiro atoms. The van der Waals surface area contributed by atoms with Crippen LogP contribution in [0.15, 0.2) is 79.0 Å². The molecule has 34 heavy (non-hydrogen) atoms. The summed E-state index contributed by atoms with van der Waals surface area (Å²) in [5.41, 5.74) is 2.03. The molecule has 1 N–H and O–H groups in total.